The van der Waals surface area contributed by atoms with E-state index in [1.54, 1.807) is 23.2 Å². The second-order valence-corrected chi connectivity index (χ2v) is 9.60. The second-order valence-electron chi connectivity index (χ2n) is 9.60. The van der Waals surface area contributed by atoms with Crippen LogP contribution in [0, 0.1) is 0 Å². The third-order valence-electron chi connectivity index (χ3n) is 6.82. The van der Waals surface area contributed by atoms with Gasteiger partial charge in [-0.2, -0.15) is 18.2 Å². The normalized spacial score (nSPS) is 16.9. The lowest BCUT2D eigenvalue weighted by Gasteiger charge is -2.36. The van der Waals surface area contributed by atoms with Crippen LogP contribution in [0.5, 0.6) is 0 Å². The molecule has 5 rings (SSSR count). The van der Waals surface area contributed by atoms with Crippen LogP contribution in [-0.2, 0) is 32.2 Å². The van der Waals surface area contributed by atoms with Crippen LogP contribution in [-0.4, -0.2) is 77.1 Å². The summed E-state index contributed by atoms with van der Waals surface area (Å²) in [5, 5.41) is 5.33. The number of aromatic amines is 1. The molecule has 1 aromatic heterocycles. The summed E-state index contributed by atoms with van der Waals surface area (Å²) in [5.74, 6) is -4.14. The lowest BCUT2D eigenvalue weighted by atomic mass is 10.1. The molecule has 0 spiro atoms. The van der Waals surface area contributed by atoms with E-state index in [0.29, 0.717) is 36.8 Å². The first kappa shape index (κ1) is 28.4. The lowest BCUT2D eigenvalue weighted by Crippen LogP contribution is -2.61. The Morgan fingerprint density at radius 1 is 1.05 bits per heavy atom. The van der Waals surface area contributed by atoms with Crippen LogP contribution in [0.1, 0.15) is 21.6 Å². The van der Waals surface area contributed by atoms with Gasteiger partial charge in [0.25, 0.3) is 11.8 Å². The van der Waals surface area contributed by atoms with E-state index in [2.05, 4.69) is 30.3 Å². The molecule has 3 heterocycles. The number of H-pyrrole nitrogens is 1. The highest BCUT2D eigenvalue weighted by molar-refractivity contribution is 6.05. The van der Waals surface area contributed by atoms with Crippen molar-refractivity contribution in [3.8, 4) is 0 Å². The highest BCUT2D eigenvalue weighted by Crippen LogP contribution is 2.29. The van der Waals surface area contributed by atoms with Crippen molar-refractivity contribution < 1.29 is 37.2 Å². The predicted molar refractivity (Wildman–Crippen MR) is 142 cm³/mol. The highest BCUT2D eigenvalue weighted by Gasteiger charge is 2.46. The summed E-state index contributed by atoms with van der Waals surface area (Å²) in [7, 11) is 0. The molecule has 220 valence electrons. The van der Waals surface area contributed by atoms with Gasteiger partial charge in [-0.25, -0.2) is 9.78 Å². The van der Waals surface area contributed by atoms with E-state index in [4.69, 9.17) is 0 Å². The van der Waals surface area contributed by atoms with Gasteiger partial charge in [-0.05, 0) is 29.8 Å². The summed E-state index contributed by atoms with van der Waals surface area (Å²) >= 11 is 0. The van der Waals surface area contributed by atoms with Crippen LogP contribution in [0.4, 0.5) is 24.5 Å². The Hall–Kier alpha value is -5.08. The molecule has 3 N–H and O–H groups in total. The van der Waals surface area contributed by atoms with Crippen LogP contribution in [0.2, 0.25) is 0 Å². The quantitative estimate of drug-likeness (QED) is 0.379. The SMILES string of the molecule is O=C1NC(C(=O)NCc2cccc(N3CCN(C(=O)Cc4cnc[nH]4)CC3)c2)N(OC(=O)C(F)(F)F)c2ccccc21. The number of hydroxylamine groups is 1. The first-order chi connectivity index (χ1) is 20.1. The van der Waals surface area contributed by atoms with Gasteiger partial charge < -0.3 is 30.3 Å². The van der Waals surface area contributed by atoms with Gasteiger partial charge in [-0.15, -0.1) is 0 Å². The van der Waals surface area contributed by atoms with Crippen LogP contribution in [0.15, 0.2) is 61.1 Å². The van der Waals surface area contributed by atoms with E-state index < -0.39 is 30.1 Å². The maximum Gasteiger partial charge on any atom is 0.493 e. The van der Waals surface area contributed by atoms with Crippen molar-refractivity contribution >= 4 is 35.1 Å². The Labute approximate surface area is 237 Å². The number of para-hydroxylation sites is 1. The smallest absolute Gasteiger partial charge is 0.368 e. The Morgan fingerprint density at radius 3 is 2.52 bits per heavy atom. The number of carbonyl (C=O) groups is 4. The minimum absolute atomic E-state index is 0.00254. The molecule has 15 heteroatoms. The zero-order chi connectivity index (χ0) is 29.9. The van der Waals surface area contributed by atoms with Gasteiger partial charge >= 0.3 is 12.1 Å². The second kappa shape index (κ2) is 11.8. The maximum atomic E-state index is 13.1. The van der Waals surface area contributed by atoms with Crippen molar-refractivity contribution in [2.75, 3.05) is 36.1 Å². The molecule has 1 unspecified atom stereocenters. The lowest BCUT2D eigenvalue weighted by molar-refractivity contribution is -0.202. The number of aromatic nitrogens is 2. The number of hydrogen-bond donors (Lipinski definition) is 3. The highest BCUT2D eigenvalue weighted by atomic mass is 19.4. The first-order valence-corrected chi connectivity index (χ1v) is 12.9. The summed E-state index contributed by atoms with van der Waals surface area (Å²) in [6, 6.07) is 12.8. The standard InChI is InChI=1S/C27H26F3N7O5/c28-27(29,30)26(41)42-37-21-7-2-1-6-20(21)24(39)34-23(37)25(40)32-14-17-4-3-5-19(12-17)35-8-10-36(11-9-35)22(38)13-18-15-31-16-33-18/h1-7,12,15-16,23H,8-11,13-14H2,(H,31,33)(H,32,40)(H,34,39). The van der Waals surface area contributed by atoms with Crippen molar-refractivity contribution in [1.82, 2.24) is 25.5 Å². The monoisotopic (exact) mass is 585 g/mol. The van der Waals surface area contributed by atoms with Crippen molar-refractivity contribution in [1.29, 1.82) is 0 Å². The minimum Gasteiger partial charge on any atom is -0.368 e. The van der Waals surface area contributed by atoms with Gasteiger partial charge in [0.2, 0.25) is 12.1 Å². The molecule has 2 aromatic carbocycles. The number of hydrogen-bond acceptors (Lipinski definition) is 8. The van der Waals surface area contributed by atoms with E-state index in [1.807, 2.05) is 12.1 Å². The van der Waals surface area contributed by atoms with Crippen molar-refractivity contribution in [3.63, 3.8) is 0 Å². The Kier molecular flexibility index (Phi) is 7.99. The molecular weight excluding hydrogens is 559 g/mol. The summed E-state index contributed by atoms with van der Waals surface area (Å²) in [5.41, 5.74) is 2.06. The minimum atomic E-state index is -5.32. The van der Waals surface area contributed by atoms with Crippen molar-refractivity contribution in [2.45, 2.75) is 25.3 Å². The number of nitrogens with one attached hydrogen (secondary N) is 3. The topological polar surface area (TPSA) is 140 Å². The molecule has 2 aliphatic heterocycles. The van der Waals surface area contributed by atoms with Crippen LogP contribution in [0.25, 0.3) is 0 Å². The number of halogens is 3. The molecule has 42 heavy (non-hydrogen) atoms. The number of rotatable bonds is 7. The fourth-order valence-corrected chi connectivity index (χ4v) is 4.69. The number of anilines is 2. The largest absolute Gasteiger partial charge is 0.493 e. The van der Waals surface area contributed by atoms with Gasteiger partial charge in [0.15, 0.2) is 0 Å². The van der Waals surface area contributed by atoms with Gasteiger partial charge in [-0.1, -0.05) is 24.3 Å². The number of nitrogens with zero attached hydrogens (tertiary/aromatic N) is 4. The molecule has 0 radical (unpaired) electrons. The van der Waals surface area contributed by atoms with Crippen molar-refractivity contribution in [3.05, 3.63) is 77.9 Å². The number of benzene rings is 2. The molecule has 3 amide bonds. The maximum absolute atomic E-state index is 13.1. The van der Waals surface area contributed by atoms with Crippen LogP contribution >= 0.6 is 0 Å². The first-order valence-electron chi connectivity index (χ1n) is 12.9. The number of amides is 3. The van der Waals surface area contributed by atoms with E-state index in [-0.39, 0.29) is 30.1 Å². The number of fused-ring (bicyclic) bond motifs is 1. The zero-order valence-electron chi connectivity index (χ0n) is 22.1. The molecule has 12 nitrogen and oxygen atoms in total. The average Bonchev–Trinajstić information content (AvgIpc) is 3.50. The third-order valence-corrected chi connectivity index (χ3v) is 6.82. The van der Waals surface area contributed by atoms with Crippen LogP contribution in [0.3, 0.4) is 0 Å². The average molecular weight is 586 g/mol. The van der Waals surface area contributed by atoms with E-state index in [9.17, 15) is 32.3 Å². The predicted octanol–water partition coefficient (Wildman–Crippen LogP) is 1.51. The van der Waals surface area contributed by atoms with Crippen molar-refractivity contribution in [2.24, 2.45) is 0 Å². The van der Waals surface area contributed by atoms with Gasteiger partial charge in [0.05, 0.1) is 24.0 Å². The van der Waals surface area contributed by atoms with Crippen LogP contribution < -0.4 is 20.6 Å². The summed E-state index contributed by atoms with van der Waals surface area (Å²) in [6.07, 6.45) is -3.68. The van der Waals surface area contributed by atoms with E-state index >= 15 is 0 Å². The molecule has 0 aliphatic carbocycles. The molecule has 2 aliphatic rings. The number of piperazine rings is 1. The number of carbonyl (C=O) groups excluding carboxylic acids is 4. The van der Waals surface area contributed by atoms with Gasteiger partial charge in [0.1, 0.15) is 0 Å². The molecule has 1 saturated heterocycles. The number of alkyl halides is 3. The van der Waals surface area contributed by atoms with Gasteiger partial charge in [-0.3, -0.25) is 14.4 Å². The fourth-order valence-electron chi connectivity index (χ4n) is 4.69. The fraction of sp³-hybridized carbons (Fsp3) is 0.296. The molecule has 3 aromatic rings. The zero-order valence-corrected chi connectivity index (χ0v) is 22.1. The molecule has 0 saturated carbocycles. The van der Waals surface area contributed by atoms with E-state index in [0.717, 1.165) is 11.4 Å². The Morgan fingerprint density at radius 2 is 1.81 bits per heavy atom. The third kappa shape index (κ3) is 6.29. The molecular formula is C27H26F3N7O5. The Balaban J connectivity index is 1.21. The molecule has 0 bridgehead atoms. The summed E-state index contributed by atoms with van der Waals surface area (Å²) in [6.45, 7) is 2.23. The van der Waals surface area contributed by atoms with Gasteiger partial charge in [0, 0.05) is 50.3 Å². The molecule has 1 fully saturated rings. The Bertz CT molecular complexity index is 1470. The van der Waals surface area contributed by atoms with E-state index in [1.165, 1.54) is 30.6 Å². The number of imidazole rings is 1. The molecule has 1 atom stereocenters. The summed E-state index contributed by atoms with van der Waals surface area (Å²) < 4.78 is 38.9. The summed E-state index contributed by atoms with van der Waals surface area (Å²) in [4.78, 5) is 65.1.